The third-order valence-corrected chi connectivity index (χ3v) is 7.92. The van der Waals surface area contributed by atoms with Gasteiger partial charge in [0.25, 0.3) is 0 Å². The van der Waals surface area contributed by atoms with Crippen molar-refractivity contribution in [1.82, 2.24) is 14.2 Å². The van der Waals surface area contributed by atoms with Gasteiger partial charge in [0.2, 0.25) is 15.9 Å². The fourth-order valence-corrected chi connectivity index (χ4v) is 5.04. The number of pyridine rings is 1. The lowest BCUT2D eigenvalue weighted by Crippen LogP contribution is -2.49. The van der Waals surface area contributed by atoms with Crippen LogP contribution in [0, 0.1) is 5.41 Å². The SMILES string of the molecule is CCS(=O)(=O)N1CCC2(CCN(C(=O)Cc3cccnc3)CC2)CC1.O=C(O)C(F)(F)F. The smallest absolute Gasteiger partial charge is 0.475 e. The predicted molar refractivity (Wildman–Crippen MR) is 110 cm³/mol. The van der Waals surface area contributed by atoms with Gasteiger partial charge in [-0.1, -0.05) is 6.07 Å². The molecule has 0 aromatic carbocycles. The van der Waals surface area contributed by atoms with Crippen molar-refractivity contribution in [3.05, 3.63) is 30.1 Å². The minimum absolute atomic E-state index is 0.161. The summed E-state index contributed by atoms with van der Waals surface area (Å²) in [5, 5.41) is 7.12. The van der Waals surface area contributed by atoms with Gasteiger partial charge in [-0.05, 0) is 49.7 Å². The monoisotopic (exact) mass is 479 g/mol. The van der Waals surface area contributed by atoms with Crippen LogP contribution in [0.25, 0.3) is 0 Å². The summed E-state index contributed by atoms with van der Waals surface area (Å²) in [4.78, 5) is 27.4. The van der Waals surface area contributed by atoms with Crippen LogP contribution < -0.4 is 0 Å². The normalized spacial score (nSPS) is 19.2. The van der Waals surface area contributed by atoms with Crippen LogP contribution >= 0.6 is 0 Å². The van der Waals surface area contributed by atoms with Crippen LogP contribution in [0.4, 0.5) is 13.2 Å². The van der Waals surface area contributed by atoms with E-state index in [1.807, 2.05) is 17.0 Å². The van der Waals surface area contributed by atoms with E-state index < -0.39 is 22.2 Å². The number of halogens is 3. The van der Waals surface area contributed by atoms with Crippen molar-refractivity contribution in [3.8, 4) is 0 Å². The molecule has 0 aliphatic carbocycles. The molecule has 2 aliphatic rings. The maximum Gasteiger partial charge on any atom is 0.490 e. The number of hydrogen-bond donors (Lipinski definition) is 1. The summed E-state index contributed by atoms with van der Waals surface area (Å²) in [6.07, 6.45) is 2.56. The number of carbonyl (C=O) groups is 2. The van der Waals surface area contributed by atoms with Crippen molar-refractivity contribution >= 4 is 21.9 Å². The van der Waals surface area contributed by atoms with Crippen LogP contribution in [-0.4, -0.2) is 77.7 Å². The van der Waals surface area contributed by atoms with E-state index in [2.05, 4.69) is 4.98 Å². The summed E-state index contributed by atoms with van der Waals surface area (Å²) in [6.45, 7) is 4.50. The van der Waals surface area contributed by atoms with Gasteiger partial charge in [-0.15, -0.1) is 0 Å². The van der Waals surface area contributed by atoms with Gasteiger partial charge in [0.1, 0.15) is 0 Å². The van der Waals surface area contributed by atoms with Gasteiger partial charge in [-0.2, -0.15) is 13.2 Å². The predicted octanol–water partition coefficient (Wildman–Crippen LogP) is 2.31. The summed E-state index contributed by atoms with van der Waals surface area (Å²) in [6, 6.07) is 3.78. The first-order valence-corrected chi connectivity index (χ1v) is 11.9. The van der Waals surface area contributed by atoms with Gasteiger partial charge in [0, 0.05) is 38.6 Å². The molecule has 0 radical (unpaired) electrons. The number of likely N-dealkylation sites (tertiary alicyclic amines) is 1. The number of amides is 1. The number of aliphatic carboxylic acids is 1. The van der Waals surface area contributed by atoms with E-state index in [-0.39, 0.29) is 17.1 Å². The molecule has 0 unspecified atom stereocenters. The molecule has 32 heavy (non-hydrogen) atoms. The van der Waals surface area contributed by atoms with Crippen LogP contribution in [0.15, 0.2) is 24.5 Å². The van der Waals surface area contributed by atoms with Gasteiger partial charge >= 0.3 is 12.1 Å². The van der Waals surface area contributed by atoms with Crippen LogP contribution in [0.3, 0.4) is 0 Å². The molecule has 2 fully saturated rings. The number of aromatic nitrogens is 1. The molecule has 8 nitrogen and oxygen atoms in total. The number of nitrogens with zero attached hydrogens (tertiary/aromatic N) is 3. The third-order valence-electron chi connectivity index (χ3n) is 6.04. The van der Waals surface area contributed by atoms with E-state index >= 15 is 0 Å². The van der Waals surface area contributed by atoms with E-state index in [1.54, 1.807) is 23.6 Å². The minimum Gasteiger partial charge on any atom is -0.475 e. The average molecular weight is 480 g/mol. The Kier molecular flexibility index (Phi) is 8.63. The average Bonchev–Trinajstić information content (AvgIpc) is 2.75. The van der Waals surface area contributed by atoms with Crippen LogP contribution in [-0.2, 0) is 26.0 Å². The Balaban J connectivity index is 0.000000451. The Morgan fingerprint density at radius 1 is 1.12 bits per heavy atom. The highest BCUT2D eigenvalue weighted by molar-refractivity contribution is 7.89. The molecule has 0 atom stereocenters. The Morgan fingerprint density at radius 2 is 1.66 bits per heavy atom. The van der Waals surface area contributed by atoms with E-state index in [1.165, 1.54) is 0 Å². The molecule has 1 N–H and O–H groups in total. The first-order valence-electron chi connectivity index (χ1n) is 10.3. The summed E-state index contributed by atoms with van der Waals surface area (Å²) >= 11 is 0. The molecule has 2 aliphatic heterocycles. The Labute approximate surface area is 185 Å². The molecular weight excluding hydrogens is 451 g/mol. The number of hydrogen-bond acceptors (Lipinski definition) is 5. The third kappa shape index (κ3) is 7.16. The molecule has 0 saturated carbocycles. The van der Waals surface area contributed by atoms with Crippen molar-refractivity contribution < 1.29 is 36.3 Å². The van der Waals surface area contributed by atoms with Gasteiger partial charge in [-0.3, -0.25) is 9.78 Å². The molecular formula is C20H28F3N3O5S. The zero-order valence-corrected chi connectivity index (χ0v) is 18.7. The minimum atomic E-state index is -5.08. The fraction of sp³-hybridized carbons (Fsp3) is 0.650. The molecule has 12 heteroatoms. The van der Waals surface area contributed by atoms with Crippen molar-refractivity contribution in [1.29, 1.82) is 0 Å². The zero-order valence-electron chi connectivity index (χ0n) is 17.8. The molecule has 1 aromatic rings. The summed E-state index contributed by atoms with van der Waals surface area (Å²) in [5.41, 5.74) is 1.16. The number of carbonyl (C=O) groups excluding carboxylic acids is 1. The second-order valence-electron chi connectivity index (χ2n) is 8.02. The molecule has 1 spiro atoms. The fourth-order valence-electron chi connectivity index (χ4n) is 3.94. The maximum absolute atomic E-state index is 12.5. The molecule has 1 aromatic heterocycles. The molecule has 3 rings (SSSR count). The lowest BCUT2D eigenvalue weighted by Gasteiger charge is -2.46. The molecule has 180 valence electrons. The lowest BCUT2D eigenvalue weighted by molar-refractivity contribution is -0.192. The van der Waals surface area contributed by atoms with E-state index in [0.29, 0.717) is 19.5 Å². The standard InChI is InChI=1S/C18H27N3O3S.C2HF3O2/c1-2-25(23,24)21-12-7-18(8-13-21)5-10-20(11-6-18)17(22)14-16-4-3-9-19-15-16;3-2(4,5)1(6)7/h3-4,9,15H,2,5-8,10-14H2,1H3;(H,6,7). The Bertz CT molecular complexity index is 875. The van der Waals surface area contributed by atoms with Gasteiger partial charge < -0.3 is 10.0 Å². The highest BCUT2D eigenvalue weighted by Crippen LogP contribution is 2.41. The first-order chi connectivity index (χ1) is 14.9. The number of piperidine rings is 2. The van der Waals surface area contributed by atoms with Crippen LogP contribution in [0.5, 0.6) is 0 Å². The van der Waals surface area contributed by atoms with Gasteiger partial charge in [-0.25, -0.2) is 17.5 Å². The van der Waals surface area contributed by atoms with Crippen LogP contribution in [0.1, 0.15) is 38.2 Å². The second kappa shape index (κ2) is 10.6. The van der Waals surface area contributed by atoms with Crippen LogP contribution in [0.2, 0.25) is 0 Å². The van der Waals surface area contributed by atoms with E-state index in [0.717, 1.165) is 44.3 Å². The van der Waals surface area contributed by atoms with Crippen molar-refractivity contribution in [2.45, 2.75) is 45.2 Å². The quantitative estimate of drug-likeness (QED) is 0.710. The Hall–Kier alpha value is -2.21. The topological polar surface area (TPSA) is 108 Å². The van der Waals surface area contributed by atoms with Crippen molar-refractivity contribution in [2.24, 2.45) is 5.41 Å². The van der Waals surface area contributed by atoms with Gasteiger partial charge in [0.05, 0.1) is 12.2 Å². The molecule has 3 heterocycles. The molecule has 1 amide bonds. The summed E-state index contributed by atoms with van der Waals surface area (Å²) in [5.74, 6) is -2.42. The van der Waals surface area contributed by atoms with Gasteiger partial charge in [0.15, 0.2) is 0 Å². The maximum atomic E-state index is 12.5. The first kappa shape index (κ1) is 26.0. The van der Waals surface area contributed by atoms with E-state index in [9.17, 15) is 26.4 Å². The summed E-state index contributed by atoms with van der Waals surface area (Å²) < 4.78 is 57.4. The highest BCUT2D eigenvalue weighted by Gasteiger charge is 2.40. The Morgan fingerprint density at radius 3 is 2.09 bits per heavy atom. The second-order valence-corrected chi connectivity index (χ2v) is 10.3. The number of rotatable bonds is 4. The zero-order chi connectivity index (χ0) is 24.0. The van der Waals surface area contributed by atoms with Crippen molar-refractivity contribution in [3.63, 3.8) is 0 Å². The number of sulfonamides is 1. The largest absolute Gasteiger partial charge is 0.490 e. The summed E-state index contributed by atoms with van der Waals surface area (Å²) in [7, 11) is -3.07. The number of carboxylic acid groups (broad SMARTS) is 1. The molecule has 0 bridgehead atoms. The highest BCUT2D eigenvalue weighted by atomic mass is 32.2. The van der Waals surface area contributed by atoms with E-state index in [4.69, 9.17) is 9.90 Å². The number of alkyl halides is 3. The number of carboxylic acids is 1. The van der Waals surface area contributed by atoms with Crippen molar-refractivity contribution in [2.75, 3.05) is 31.9 Å². The lowest BCUT2D eigenvalue weighted by atomic mass is 9.71. The molecule has 2 saturated heterocycles.